The molecule has 0 aromatic carbocycles. The number of hydrogen-bond acceptors (Lipinski definition) is 6. The lowest BCUT2D eigenvalue weighted by Gasteiger charge is -2.38. The molecule has 134 valence electrons. The van der Waals surface area contributed by atoms with Crippen molar-refractivity contribution in [2.75, 3.05) is 17.3 Å². The topological polar surface area (TPSA) is 67.3 Å². The fourth-order valence-corrected chi connectivity index (χ4v) is 7.09. The average Bonchev–Trinajstić information content (AvgIpc) is 3.12. The summed E-state index contributed by atoms with van der Waals surface area (Å²) in [5.74, 6) is 0.769. The highest BCUT2D eigenvalue weighted by Gasteiger charge is 2.38. The molecule has 2 aliphatic rings. The predicted octanol–water partition coefficient (Wildman–Crippen LogP) is 2.89. The molecule has 2 fully saturated rings. The Bertz CT molecular complexity index is 680. The molecule has 24 heavy (non-hydrogen) atoms. The lowest BCUT2D eigenvalue weighted by molar-refractivity contribution is -0.133. The molecule has 0 spiro atoms. The first-order valence-electron chi connectivity index (χ1n) is 8.51. The average molecular weight is 389 g/mol. The third-order valence-electron chi connectivity index (χ3n) is 4.77. The quantitative estimate of drug-likeness (QED) is 0.726. The molecule has 1 unspecified atom stereocenters. The molecule has 3 rings (SSSR count). The lowest BCUT2D eigenvalue weighted by atomic mass is 9.93. The minimum atomic E-state index is -2.99. The molecule has 1 aromatic rings. The second kappa shape index (κ2) is 7.74. The third-order valence-corrected chi connectivity index (χ3v) is 8.65. The van der Waals surface area contributed by atoms with Crippen LogP contribution in [0.1, 0.15) is 44.2 Å². The standard InChI is InChI=1S/C16H24N2O3S3/c1-12-9-22-16(17-12)23-10-15(19)18(13-5-3-2-4-6-13)14-7-8-24(20,21)11-14/h9,13-14H,2-8,10-11H2,1H3. The van der Waals surface area contributed by atoms with Crippen LogP contribution in [0.25, 0.3) is 0 Å². The second-order valence-corrected chi connectivity index (χ2v) is 11.0. The van der Waals surface area contributed by atoms with Crippen LogP contribution in [0.4, 0.5) is 0 Å². The largest absolute Gasteiger partial charge is 0.335 e. The van der Waals surface area contributed by atoms with E-state index in [0.717, 1.165) is 35.7 Å². The summed E-state index contributed by atoms with van der Waals surface area (Å²) in [5.41, 5.74) is 0.973. The SMILES string of the molecule is Cc1csc(SCC(=O)N(C2CCCCC2)C2CCS(=O)(=O)C2)n1. The van der Waals surface area contributed by atoms with E-state index in [0.29, 0.717) is 12.2 Å². The summed E-state index contributed by atoms with van der Waals surface area (Å²) >= 11 is 3.02. The highest BCUT2D eigenvalue weighted by Crippen LogP contribution is 2.30. The Balaban J connectivity index is 1.69. The van der Waals surface area contributed by atoms with Crippen molar-refractivity contribution >= 4 is 38.8 Å². The van der Waals surface area contributed by atoms with E-state index in [9.17, 15) is 13.2 Å². The summed E-state index contributed by atoms with van der Waals surface area (Å²) < 4.78 is 24.7. The Morgan fingerprint density at radius 2 is 2.04 bits per heavy atom. The summed E-state index contributed by atoms with van der Waals surface area (Å²) in [6.07, 6.45) is 6.08. The smallest absolute Gasteiger partial charge is 0.233 e. The van der Waals surface area contributed by atoms with Crippen LogP contribution in [-0.4, -0.2) is 53.6 Å². The molecule has 1 aliphatic heterocycles. The van der Waals surface area contributed by atoms with Crippen LogP contribution in [0.3, 0.4) is 0 Å². The minimum absolute atomic E-state index is 0.0712. The van der Waals surface area contributed by atoms with E-state index in [1.54, 1.807) is 11.3 Å². The molecule has 8 heteroatoms. The van der Waals surface area contributed by atoms with Crippen molar-refractivity contribution in [3.05, 3.63) is 11.1 Å². The Kier molecular flexibility index (Phi) is 5.87. The van der Waals surface area contributed by atoms with E-state index >= 15 is 0 Å². The number of carbonyl (C=O) groups excluding carboxylic acids is 1. The van der Waals surface area contributed by atoms with Gasteiger partial charge in [-0.3, -0.25) is 4.79 Å². The predicted molar refractivity (Wildman–Crippen MR) is 98.4 cm³/mol. The summed E-state index contributed by atoms with van der Waals surface area (Å²) in [6.45, 7) is 1.94. The number of sulfone groups is 1. The van der Waals surface area contributed by atoms with Crippen molar-refractivity contribution in [1.29, 1.82) is 0 Å². The molecule has 1 aromatic heterocycles. The van der Waals surface area contributed by atoms with Gasteiger partial charge in [0.2, 0.25) is 5.91 Å². The monoisotopic (exact) mass is 388 g/mol. The van der Waals surface area contributed by atoms with Crippen LogP contribution in [-0.2, 0) is 14.6 Å². The van der Waals surface area contributed by atoms with Crippen molar-refractivity contribution in [2.45, 2.75) is 61.9 Å². The van der Waals surface area contributed by atoms with Crippen LogP contribution >= 0.6 is 23.1 Å². The molecule has 1 atom stereocenters. The van der Waals surface area contributed by atoms with E-state index in [2.05, 4.69) is 4.98 Å². The Hall–Kier alpha value is -0.600. The van der Waals surface area contributed by atoms with E-state index < -0.39 is 9.84 Å². The van der Waals surface area contributed by atoms with Gasteiger partial charge in [-0.05, 0) is 26.2 Å². The normalized spacial score (nSPS) is 24.1. The number of aromatic nitrogens is 1. The molecule has 1 saturated carbocycles. The van der Waals surface area contributed by atoms with E-state index in [1.165, 1.54) is 18.2 Å². The fraction of sp³-hybridized carbons (Fsp3) is 0.750. The summed E-state index contributed by atoms with van der Waals surface area (Å²) in [7, 11) is -2.99. The number of nitrogens with zero attached hydrogens (tertiary/aromatic N) is 2. The van der Waals surface area contributed by atoms with Gasteiger partial charge in [-0.25, -0.2) is 13.4 Å². The highest BCUT2D eigenvalue weighted by atomic mass is 32.2. The number of thiazole rings is 1. The first-order chi connectivity index (χ1) is 11.4. The molecular formula is C16H24N2O3S3. The van der Waals surface area contributed by atoms with Crippen molar-refractivity contribution in [1.82, 2.24) is 9.88 Å². The number of amides is 1. The van der Waals surface area contributed by atoms with Gasteiger partial charge in [-0.1, -0.05) is 31.0 Å². The van der Waals surface area contributed by atoms with Crippen LogP contribution in [0.15, 0.2) is 9.72 Å². The summed E-state index contributed by atoms with van der Waals surface area (Å²) in [4.78, 5) is 19.2. The molecule has 0 bridgehead atoms. The first kappa shape index (κ1) is 18.2. The number of aryl methyl sites for hydroxylation is 1. The van der Waals surface area contributed by atoms with Gasteiger partial charge in [0.15, 0.2) is 14.2 Å². The molecule has 0 N–H and O–H groups in total. The van der Waals surface area contributed by atoms with Crippen LogP contribution in [0, 0.1) is 6.92 Å². The lowest BCUT2D eigenvalue weighted by Crippen LogP contribution is -2.49. The Labute approximate surface area is 152 Å². The van der Waals surface area contributed by atoms with Gasteiger partial charge in [-0.2, -0.15) is 0 Å². The maximum atomic E-state index is 12.9. The zero-order chi connectivity index (χ0) is 17.2. The molecule has 5 nitrogen and oxygen atoms in total. The highest BCUT2D eigenvalue weighted by molar-refractivity contribution is 8.01. The van der Waals surface area contributed by atoms with Crippen molar-refractivity contribution in [2.24, 2.45) is 0 Å². The Morgan fingerprint density at radius 3 is 2.62 bits per heavy atom. The van der Waals surface area contributed by atoms with Crippen molar-refractivity contribution in [3.8, 4) is 0 Å². The fourth-order valence-electron chi connectivity index (χ4n) is 3.66. The molecule has 2 heterocycles. The van der Waals surface area contributed by atoms with Crippen LogP contribution in [0.5, 0.6) is 0 Å². The van der Waals surface area contributed by atoms with E-state index in [1.807, 2.05) is 17.2 Å². The molecular weight excluding hydrogens is 364 g/mol. The molecule has 1 aliphatic carbocycles. The van der Waals surface area contributed by atoms with Gasteiger partial charge in [0, 0.05) is 23.2 Å². The zero-order valence-corrected chi connectivity index (χ0v) is 16.4. The van der Waals surface area contributed by atoms with Crippen LogP contribution < -0.4 is 0 Å². The minimum Gasteiger partial charge on any atom is -0.335 e. The molecule has 1 amide bonds. The van der Waals surface area contributed by atoms with Gasteiger partial charge in [0.25, 0.3) is 0 Å². The maximum Gasteiger partial charge on any atom is 0.233 e. The summed E-state index contributed by atoms with van der Waals surface area (Å²) in [5, 5.41) is 1.98. The number of carbonyl (C=O) groups is 1. The molecule has 1 saturated heterocycles. The van der Waals surface area contributed by atoms with Gasteiger partial charge in [-0.15, -0.1) is 11.3 Å². The maximum absolute atomic E-state index is 12.9. The zero-order valence-electron chi connectivity index (χ0n) is 13.9. The number of thioether (sulfide) groups is 1. The van der Waals surface area contributed by atoms with E-state index in [-0.39, 0.29) is 29.5 Å². The molecule has 0 radical (unpaired) electrons. The van der Waals surface area contributed by atoms with Crippen molar-refractivity contribution in [3.63, 3.8) is 0 Å². The third kappa shape index (κ3) is 4.52. The Morgan fingerprint density at radius 1 is 1.29 bits per heavy atom. The van der Waals surface area contributed by atoms with Crippen LogP contribution in [0.2, 0.25) is 0 Å². The van der Waals surface area contributed by atoms with Gasteiger partial charge in [0.05, 0.1) is 17.3 Å². The first-order valence-corrected chi connectivity index (χ1v) is 12.2. The number of rotatable bonds is 5. The number of hydrogen-bond donors (Lipinski definition) is 0. The van der Waals surface area contributed by atoms with Crippen molar-refractivity contribution < 1.29 is 13.2 Å². The summed E-state index contributed by atoms with van der Waals surface area (Å²) in [6, 6.07) is 0.0763. The van der Waals surface area contributed by atoms with Gasteiger partial charge in [0.1, 0.15) is 0 Å². The second-order valence-electron chi connectivity index (χ2n) is 6.69. The van der Waals surface area contributed by atoms with Gasteiger partial charge < -0.3 is 4.90 Å². The van der Waals surface area contributed by atoms with Gasteiger partial charge >= 0.3 is 0 Å². The van der Waals surface area contributed by atoms with E-state index in [4.69, 9.17) is 0 Å².